The summed E-state index contributed by atoms with van der Waals surface area (Å²) < 4.78 is 5.80. The third-order valence-electron chi connectivity index (χ3n) is 3.87. The van der Waals surface area contributed by atoms with Gasteiger partial charge in [-0.3, -0.25) is 14.5 Å². The number of aromatic nitrogens is 2. The van der Waals surface area contributed by atoms with Crippen LogP contribution in [-0.2, 0) is 4.79 Å². The van der Waals surface area contributed by atoms with Crippen molar-refractivity contribution < 1.29 is 14.3 Å². The summed E-state index contributed by atoms with van der Waals surface area (Å²) in [5.74, 6) is 0.725. The molecule has 6 nitrogen and oxygen atoms in total. The quantitative estimate of drug-likeness (QED) is 0.418. The van der Waals surface area contributed by atoms with Gasteiger partial charge in [0, 0.05) is 18.5 Å². The summed E-state index contributed by atoms with van der Waals surface area (Å²) in [4.78, 5) is 26.0. The van der Waals surface area contributed by atoms with Crippen LogP contribution in [0.1, 0.15) is 37.0 Å². The van der Waals surface area contributed by atoms with E-state index < -0.39 is 0 Å². The minimum absolute atomic E-state index is 0.0162. The molecule has 2 aromatic rings. The number of benzene rings is 1. The maximum Gasteiger partial charge on any atom is 0.225 e. The molecular weight excluding hydrogens is 358 g/mol. The first-order valence-electron chi connectivity index (χ1n) is 7.98. The van der Waals surface area contributed by atoms with Crippen molar-refractivity contribution in [2.24, 2.45) is 0 Å². The number of thioether (sulfide) groups is 1. The van der Waals surface area contributed by atoms with Crippen LogP contribution >= 0.6 is 23.1 Å². The zero-order chi connectivity index (χ0) is 18.0. The van der Waals surface area contributed by atoms with Crippen LogP contribution in [0.5, 0.6) is 5.75 Å². The lowest BCUT2D eigenvalue weighted by atomic mass is 10.1. The molecule has 1 amide bonds. The van der Waals surface area contributed by atoms with Crippen LogP contribution in [0.2, 0.25) is 0 Å². The van der Waals surface area contributed by atoms with Gasteiger partial charge in [0.15, 0.2) is 10.1 Å². The van der Waals surface area contributed by atoms with Crippen LogP contribution in [0, 0.1) is 0 Å². The molecule has 8 heteroatoms. The molecular formula is C17H19N3O3S2. The van der Waals surface area contributed by atoms with E-state index in [1.54, 1.807) is 43.2 Å². The molecule has 1 heterocycles. The highest BCUT2D eigenvalue weighted by Gasteiger charge is 2.34. The second-order valence-corrected chi connectivity index (χ2v) is 8.37. The highest BCUT2D eigenvalue weighted by Crippen LogP contribution is 2.37. The Morgan fingerprint density at radius 3 is 2.52 bits per heavy atom. The molecule has 1 aliphatic rings. The third kappa shape index (κ3) is 4.19. The topological polar surface area (TPSA) is 72.4 Å². The van der Waals surface area contributed by atoms with Gasteiger partial charge < -0.3 is 4.74 Å². The molecule has 1 fully saturated rings. The van der Waals surface area contributed by atoms with E-state index in [0.717, 1.165) is 18.6 Å². The van der Waals surface area contributed by atoms with Crippen molar-refractivity contribution in [3.05, 3.63) is 29.8 Å². The van der Waals surface area contributed by atoms with Crippen molar-refractivity contribution in [1.82, 2.24) is 10.2 Å². The minimum atomic E-state index is -0.291. The molecule has 1 atom stereocenters. The van der Waals surface area contributed by atoms with Gasteiger partial charge >= 0.3 is 0 Å². The maximum atomic E-state index is 12.5. The third-order valence-corrected chi connectivity index (χ3v) is 5.98. The molecule has 0 spiro atoms. The molecule has 1 aromatic carbocycles. The zero-order valence-electron chi connectivity index (χ0n) is 14.3. The Morgan fingerprint density at radius 2 is 1.96 bits per heavy atom. The van der Waals surface area contributed by atoms with E-state index in [9.17, 15) is 9.59 Å². The van der Waals surface area contributed by atoms with Crippen molar-refractivity contribution in [2.75, 3.05) is 12.0 Å². The van der Waals surface area contributed by atoms with Crippen LogP contribution < -0.4 is 9.64 Å². The van der Waals surface area contributed by atoms with Crippen molar-refractivity contribution >= 4 is 39.9 Å². The lowest BCUT2D eigenvalue weighted by Gasteiger charge is -2.15. The van der Waals surface area contributed by atoms with Gasteiger partial charge in [-0.15, -0.1) is 10.2 Å². The number of carbonyl (C=O) groups excluding carboxylic acids is 2. The van der Waals surface area contributed by atoms with Gasteiger partial charge in [-0.2, -0.15) is 0 Å². The van der Waals surface area contributed by atoms with E-state index in [4.69, 9.17) is 4.74 Å². The Morgan fingerprint density at radius 1 is 1.28 bits per heavy atom. The SMILES string of the molecule is COc1ccc(C(=O)[C@@H](C)Sc2nnc(N(C(C)=O)C3CC3)s2)cc1. The largest absolute Gasteiger partial charge is 0.497 e. The normalized spacial score (nSPS) is 14.8. The number of nitrogens with zero attached hydrogens (tertiary/aromatic N) is 3. The molecule has 1 saturated carbocycles. The van der Waals surface area contributed by atoms with E-state index >= 15 is 0 Å². The van der Waals surface area contributed by atoms with Gasteiger partial charge in [0.1, 0.15) is 5.75 Å². The van der Waals surface area contributed by atoms with Gasteiger partial charge in [-0.1, -0.05) is 23.1 Å². The van der Waals surface area contributed by atoms with Crippen LogP contribution in [0.4, 0.5) is 5.13 Å². The summed E-state index contributed by atoms with van der Waals surface area (Å²) in [5, 5.41) is 8.59. The Bertz CT molecular complexity index is 772. The lowest BCUT2D eigenvalue weighted by Crippen LogP contribution is -2.30. The number of amides is 1. The average molecular weight is 377 g/mol. The fourth-order valence-corrected chi connectivity index (χ4v) is 4.60. The van der Waals surface area contributed by atoms with Crippen molar-refractivity contribution in [2.45, 2.75) is 42.3 Å². The monoisotopic (exact) mass is 377 g/mol. The molecule has 3 rings (SSSR count). The summed E-state index contributed by atoms with van der Waals surface area (Å²) in [5.41, 5.74) is 0.633. The standard InChI is InChI=1S/C17H19N3O3S2/c1-10(15(22)12-4-8-14(23-3)9-5-12)24-17-19-18-16(25-17)20(11(2)21)13-6-7-13/h4-5,8-10,13H,6-7H2,1-3H3/t10-/m1/s1. The summed E-state index contributed by atoms with van der Waals surface area (Å²) in [7, 11) is 1.59. The molecule has 0 aliphatic heterocycles. The highest BCUT2D eigenvalue weighted by atomic mass is 32.2. The minimum Gasteiger partial charge on any atom is -0.497 e. The molecule has 0 bridgehead atoms. The van der Waals surface area contributed by atoms with E-state index in [0.29, 0.717) is 15.0 Å². The molecule has 132 valence electrons. The Labute approximate surface area is 154 Å². The molecule has 0 saturated heterocycles. The van der Waals surface area contributed by atoms with Crippen LogP contribution in [0.25, 0.3) is 0 Å². The van der Waals surface area contributed by atoms with Gasteiger partial charge in [-0.25, -0.2) is 0 Å². The van der Waals surface area contributed by atoms with Crippen LogP contribution in [-0.4, -0.2) is 40.3 Å². The number of anilines is 1. The summed E-state index contributed by atoms with van der Waals surface area (Å²) in [6.07, 6.45) is 2.02. The van der Waals surface area contributed by atoms with Crippen molar-refractivity contribution in [1.29, 1.82) is 0 Å². The number of ether oxygens (including phenoxy) is 1. The zero-order valence-corrected chi connectivity index (χ0v) is 15.9. The van der Waals surface area contributed by atoms with E-state index in [1.165, 1.54) is 23.1 Å². The molecule has 1 aromatic heterocycles. The number of methoxy groups -OCH3 is 1. The number of carbonyl (C=O) groups is 2. The average Bonchev–Trinajstić information content (AvgIpc) is 3.33. The second-order valence-electron chi connectivity index (χ2n) is 5.82. The number of hydrogen-bond donors (Lipinski definition) is 0. The van der Waals surface area contributed by atoms with Gasteiger partial charge in [0.25, 0.3) is 0 Å². The Kier molecular flexibility index (Phi) is 5.39. The maximum absolute atomic E-state index is 12.5. The Hall–Kier alpha value is -1.93. The van der Waals surface area contributed by atoms with Crippen LogP contribution in [0.3, 0.4) is 0 Å². The molecule has 0 N–H and O–H groups in total. The number of rotatable bonds is 7. The predicted molar refractivity (Wildman–Crippen MR) is 98.7 cm³/mol. The fraction of sp³-hybridized carbons (Fsp3) is 0.412. The number of hydrogen-bond acceptors (Lipinski definition) is 7. The van der Waals surface area contributed by atoms with Crippen molar-refractivity contribution in [3.63, 3.8) is 0 Å². The summed E-state index contributed by atoms with van der Waals surface area (Å²) in [6, 6.07) is 7.31. The van der Waals surface area contributed by atoms with E-state index in [2.05, 4.69) is 10.2 Å². The van der Waals surface area contributed by atoms with Gasteiger partial charge in [0.05, 0.1) is 12.4 Å². The highest BCUT2D eigenvalue weighted by molar-refractivity contribution is 8.02. The predicted octanol–water partition coefficient (Wildman–Crippen LogP) is 3.43. The van der Waals surface area contributed by atoms with E-state index in [-0.39, 0.29) is 23.0 Å². The van der Waals surface area contributed by atoms with E-state index in [1.807, 2.05) is 6.92 Å². The summed E-state index contributed by atoms with van der Waals surface area (Å²) in [6.45, 7) is 3.39. The molecule has 1 aliphatic carbocycles. The first-order chi connectivity index (χ1) is 12.0. The van der Waals surface area contributed by atoms with Gasteiger partial charge in [-0.05, 0) is 44.0 Å². The molecule has 25 heavy (non-hydrogen) atoms. The van der Waals surface area contributed by atoms with Gasteiger partial charge in [0.2, 0.25) is 11.0 Å². The first kappa shape index (κ1) is 17.9. The molecule has 0 unspecified atom stereocenters. The molecule has 0 radical (unpaired) electrons. The van der Waals surface area contributed by atoms with Crippen molar-refractivity contribution in [3.8, 4) is 5.75 Å². The first-order valence-corrected chi connectivity index (χ1v) is 9.67. The van der Waals surface area contributed by atoms with Crippen LogP contribution in [0.15, 0.2) is 28.6 Å². The number of ketones is 1. The second kappa shape index (κ2) is 7.53. The lowest BCUT2D eigenvalue weighted by molar-refractivity contribution is -0.116. The Balaban J connectivity index is 1.67. The summed E-state index contributed by atoms with van der Waals surface area (Å²) >= 11 is 2.72. The smallest absolute Gasteiger partial charge is 0.225 e. The fourth-order valence-electron chi connectivity index (χ4n) is 2.42. The number of Topliss-reactive ketones (excluding diaryl/α,β-unsaturated/α-hetero) is 1.